The van der Waals surface area contributed by atoms with Crippen LogP contribution in [0.3, 0.4) is 0 Å². The van der Waals surface area contributed by atoms with E-state index in [9.17, 15) is 8.42 Å². The molecule has 0 bridgehead atoms. The fourth-order valence-corrected chi connectivity index (χ4v) is 6.09. The van der Waals surface area contributed by atoms with E-state index in [1.165, 1.54) is 5.56 Å². The molecule has 0 amide bonds. The third kappa shape index (κ3) is 9.32. The monoisotopic (exact) mass is 580 g/mol. The molecule has 4 aromatic rings. The minimum atomic E-state index is -3.78. The number of sulfonamides is 1. The Balaban J connectivity index is 1.45. The minimum absolute atomic E-state index is 0.251. The lowest BCUT2D eigenvalue weighted by Gasteiger charge is -2.30. The Bertz CT molecular complexity index is 1500. The van der Waals surface area contributed by atoms with Gasteiger partial charge in [0.1, 0.15) is 5.75 Å². The highest BCUT2D eigenvalue weighted by Crippen LogP contribution is 2.31. The Hall–Kier alpha value is -3.89. The quantitative estimate of drug-likeness (QED) is 0.109. The molecule has 4 rings (SSSR count). The summed E-state index contributed by atoms with van der Waals surface area (Å²) in [6.45, 7) is 3.32. The summed E-state index contributed by atoms with van der Waals surface area (Å²) in [5.41, 5.74) is 4.15. The van der Waals surface area contributed by atoms with Crippen LogP contribution in [0.5, 0.6) is 5.75 Å². The molecule has 0 unspecified atom stereocenters. The van der Waals surface area contributed by atoms with Crippen LogP contribution < -0.4 is 14.8 Å². The predicted molar refractivity (Wildman–Crippen MR) is 171 cm³/mol. The number of terminal acetylenes is 1. The normalized spacial score (nSPS) is 12.8. The summed E-state index contributed by atoms with van der Waals surface area (Å²) in [4.78, 5) is 0.251. The van der Waals surface area contributed by atoms with Gasteiger partial charge in [-0.1, -0.05) is 90.5 Å². The molecule has 0 saturated heterocycles. The van der Waals surface area contributed by atoms with E-state index in [2.05, 4.69) is 28.1 Å². The van der Waals surface area contributed by atoms with Gasteiger partial charge in [0.05, 0.1) is 23.6 Å². The smallest absolute Gasteiger partial charge is 0.241 e. The zero-order valence-electron chi connectivity index (χ0n) is 24.2. The van der Waals surface area contributed by atoms with Crippen LogP contribution in [-0.4, -0.2) is 21.6 Å². The largest absolute Gasteiger partial charge is 0.494 e. The fourth-order valence-electron chi connectivity index (χ4n) is 4.85. The van der Waals surface area contributed by atoms with Gasteiger partial charge in [0.25, 0.3) is 0 Å². The summed E-state index contributed by atoms with van der Waals surface area (Å²) in [5.74, 6) is 3.52. The van der Waals surface area contributed by atoms with E-state index in [4.69, 9.17) is 11.2 Å². The molecule has 0 heterocycles. The second kappa shape index (κ2) is 15.9. The zero-order valence-corrected chi connectivity index (χ0v) is 25.0. The fraction of sp³-hybridized carbons (Fsp3) is 0.278. The Labute approximate surface area is 251 Å². The Morgan fingerprint density at radius 3 is 2.00 bits per heavy atom. The molecule has 0 fully saturated rings. The van der Waals surface area contributed by atoms with Gasteiger partial charge in [-0.05, 0) is 80.1 Å². The van der Waals surface area contributed by atoms with Crippen LogP contribution >= 0.6 is 0 Å². The van der Waals surface area contributed by atoms with Gasteiger partial charge in [-0.15, -0.1) is 12.3 Å². The van der Waals surface area contributed by atoms with Crippen molar-refractivity contribution in [1.82, 2.24) is 10.0 Å². The second-order valence-electron chi connectivity index (χ2n) is 10.4. The van der Waals surface area contributed by atoms with Crippen LogP contribution in [-0.2, 0) is 16.4 Å². The topological polar surface area (TPSA) is 67.4 Å². The van der Waals surface area contributed by atoms with E-state index in [1.807, 2.05) is 91.9 Å². The summed E-state index contributed by atoms with van der Waals surface area (Å²) in [5, 5.41) is 3.68. The van der Waals surface area contributed by atoms with Crippen molar-refractivity contribution in [1.29, 1.82) is 0 Å². The molecule has 4 aromatic carbocycles. The molecule has 0 aliphatic rings. The van der Waals surface area contributed by atoms with Gasteiger partial charge in [0, 0.05) is 6.42 Å². The first kappa shape index (κ1) is 31.1. The number of aryl methyl sites for hydroxylation is 2. The molecular formula is C36H40N2O3S. The van der Waals surface area contributed by atoms with Gasteiger partial charge < -0.3 is 10.1 Å². The van der Waals surface area contributed by atoms with Crippen molar-refractivity contribution >= 4 is 10.0 Å². The average Bonchev–Trinajstić information content (AvgIpc) is 3.02. The standard InChI is InChI=1S/C36H40N2O3S/c1-3-4-5-12-28-41-33-23-21-30(22-24-33)14-13-27-37-35(31-15-8-6-9-16-31)36(32-17-10-7-11-18-32)38-42(39,40)34-25-19-29(2)20-26-34/h1,6-11,15-26,35-38H,4-5,12-14,27-28H2,2H3/t35-,36+/m0/s1. The zero-order chi connectivity index (χ0) is 29.6. The number of hydrogen-bond acceptors (Lipinski definition) is 4. The van der Waals surface area contributed by atoms with E-state index >= 15 is 0 Å². The lowest BCUT2D eigenvalue weighted by molar-refractivity contribution is 0.307. The van der Waals surface area contributed by atoms with E-state index in [1.54, 1.807) is 12.1 Å². The highest BCUT2D eigenvalue weighted by Gasteiger charge is 2.29. The number of nitrogens with one attached hydrogen (secondary N) is 2. The summed E-state index contributed by atoms with van der Waals surface area (Å²) in [6.07, 6.45) is 9.80. The van der Waals surface area contributed by atoms with Crippen LogP contribution in [0.1, 0.15) is 60.0 Å². The molecule has 42 heavy (non-hydrogen) atoms. The average molecular weight is 581 g/mol. The number of benzene rings is 4. The summed E-state index contributed by atoms with van der Waals surface area (Å²) >= 11 is 0. The van der Waals surface area contributed by atoms with Crippen molar-refractivity contribution in [3.63, 3.8) is 0 Å². The Morgan fingerprint density at radius 1 is 0.762 bits per heavy atom. The van der Waals surface area contributed by atoms with Crippen molar-refractivity contribution in [2.45, 2.75) is 56.0 Å². The van der Waals surface area contributed by atoms with E-state index in [-0.39, 0.29) is 10.9 Å². The molecule has 0 spiro atoms. The number of unbranched alkanes of at least 4 members (excludes halogenated alkanes) is 2. The maximum atomic E-state index is 13.6. The highest BCUT2D eigenvalue weighted by atomic mass is 32.2. The molecule has 0 aliphatic carbocycles. The summed E-state index contributed by atoms with van der Waals surface area (Å²) in [6, 6.07) is 34.2. The van der Waals surface area contributed by atoms with Gasteiger partial charge in [-0.25, -0.2) is 13.1 Å². The molecule has 6 heteroatoms. The van der Waals surface area contributed by atoms with Gasteiger partial charge >= 0.3 is 0 Å². The lowest BCUT2D eigenvalue weighted by atomic mass is 9.94. The summed E-state index contributed by atoms with van der Waals surface area (Å²) in [7, 11) is -3.78. The first-order valence-electron chi connectivity index (χ1n) is 14.5. The Morgan fingerprint density at radius 2 is 1.38 bits per heavy atom. The van der Waals surface area contributed by atoms with Crippen LogP contribution in [0.25, 0.3) is 0 Å². The molecule has 5 nitrogen and oxygen atoms in total. The highest BCUT2D eigenvalue weighted by molar-refractivity contribution is 7.89. The summed E-state index contributed by atoms with van der Waals surface area (Å²) < 4.78 is 36.0. The predicted octanol–water partition coefficient (Wildman–Crippen LogP) is 7.16. The first-order valence-corrected chi connectivity index (χ1v) is 16.0. The molecule has 0 aliphatic heterocycles. The van der Waals surface area contributed by atoms with E-state index in [0.717, 1.165) is 54.5 Å². The molecular weight excluding hydrogens is 540 g/mol. The van der Waals surface area contributed by atoms with Gasteiger partial charge in [-0.3, -0.25) is 0 Å². The van der Waals surface area contributed by atoms with Crippen LogP contribution in [0, 0.1) is 19.3 Å². The third-order valence-electron chi connectivity index (χ3n) is 7.18. The number of rotatable bonds is 16. The number of ether oxygens (including phenoxy) is 1. The van der Waals surface area contributed by atoms with E-state index in [0.29, 0.717) is 13.2 Å². The molecule has 2 atom stereocenters. The van der Waals surface area contributed by atoms with Crippen molar-refractivity contribution in [3.8, 4) is 18.1 Å². The maximum Gasteiger partial charge on any atom is 0.241 e. The number of hydrogen-bond donors (Lipinski definition) is 2. The molecule has 0 radical (unpaired) electrons. The first-order chi connectivity index (χ1) is 20.5. The van der Waals surface area contributed by atoms with Crippen molar-refractivity contribution < 1.29 is 13.2 Å². The van der Waals surface area contributed by atoms with Gasteiger partial charge in [0.2, 0.25) is 10.0 Å². The molecule has 218 valence electrons. The van der Waals surface area contributed by atoms with Gasteiger partial charge in [-0.2, -0.15) is 0 Å². The van der Waals surface area contributed by atoms with Crippen molar-refractivity contribution in [2.24, 2.45) is 0 Å². The minimum Gasteiger partial charge on any atom is -0.494 e. The van der Waals surface area contributed by atoms with E-state index < -0.39 is 16.1 Å². The Kier molecular flexibility index (Phi) is 11.8. The lowest BCUT2D eigenvalue weighted by Crippen LogP contribution is -2.39. The van der Waals surface area contributed by atoms with Crippen LogP contribution in [0.15, 0.2) is 114 Å². The second-order valence-corrected chi connectivity index (χ2v) is 12.1. The maximum absolute atomic E-state index is 13.6. The molecule has 0 saturated carbocycles. The third-order valence-corrected chi connectivity index (χ3v) is 8.64. The van der Waals surface area contributed by atoms with Crippen LogP contribution in [0.2, 0.25) is 0 Å². The van der Waals surface area contributed by atoms with Crippen LogP contribution in [0.4, 0.5) is 0 Å². The van der Waals surface area contributed by atoms with Crippen molar-refractivity contribution in [2.75, 3.05) is 13.2 Å². The molecule has 2 N–H and O–H groups in total. The van der Waals surface area contributed by atoms with Crippen molar-refractivity contribution in [3.05, 3.63) is 131 Å². The van der Waals surface area contributed by atoms with Gasteiger partial charge in [0.15, 0.2) is 0 Å². The SMILES string of the molecule is C#CCCCCOc1ccc(CCCN[C@@H](c2ccccc2)[C@H](NS(=O)(=O)c2ccc(C)cc2)c2ccccc2)cc1. The molecule has 0 aromatic heterocycles.